The number of aromatic nitrogens is 1. The maximum Gasteiger partial charge on any atom is 0.246 e. The highest BCUT2D eigenvalue weighted by molar-refractivity contribution is 5.96. The summed E-state index contributed by atoms with van der Waals surface area (Å²) in [6.07, 6.45) is 3.44. The third-order valence-corrected chi connectivity index (χ3v) is 3.40. The number of hydrogen-bond donors (Lipinski definition) is 1. The van der Waals surface area contributed by atoms with Crippen LogP contribution >= 0.6 is 0 Å². The van der Waals surface area contributed by atoms with Gasteiger partial charge < -0.3 is 5.32 Å². The zero-order chi connectivity index (χ0) is 15.4. The molecule has 4 nitrogen and oxygen atoms in total. The molecule has 1 aromatic carbocycles. The number of likely N-dealkylation sites (N-methyl/N-ethyl adjacent to an activating group) is 1. The highest BCUT2D eigenvalue weighted by atomic mass is 16.2. The van der Waals surface area contributed by atoms with Gasteiger partial charge in [0, 0.05) is 18.1 Å². The fourth-order valence-electron chi connectivity index (χ4n) is 2.38. The molecule has 2 aromatic rings. The van der Waals surface area contributed by atoms with Crippen LogP contribution in [0.2, 0.25) is 0 Å². The summed E-state index contributed by atoms with van der Waals surface area (Å²) in [6.45, 7) is 4.04. The largest absolute Gasteiger partial charge is 0.324 e. The SMILES string of the molecule is Cc1ccc(NC(=O)C(c2cccnc2)N(C)C)c(C)c1. The molecule has 1 atom stereocenters. The van der Waals surface area contributed by atoms with Gasteiger partial charge in [-0.15, -0.1) is 0 Å². The maximum absolute atomic E-state index is 12.6. The Morgan fingerprint density at radius 1 is 1.24 bits per heavy atom. The van der Waals surface area contributed by atoms with Crippen molar-refractivity contribution < 1.29 is 4.79 Å². The van der Waals surface area contributed by atoms with Gasteiger partial charge in [0.1, 0.15) is 6.04 Å². The number of nitrogens with one attached hydrogen (secondary N) is 1. The van der Waals surface area contributed by atoms with Gasteiger partial charge in [-0.1, -0.05) is 23.8 Å². The minimum atomic E-state index is -0.362. The van der Waals surface area contributed by atoms with Crippen molar-refractivity contribution in [2.45, 2.75) is 19.9 Å². The lowest BCUT2D eigenvalue weighted by molar-refractivity contribution is -0.120. The Hall–Kier alpha value is -2.20. The van der Waals surface area contributed by atoms with Gasteiger partial charge in [-0.25, -0.2) is 0 Å². The van der Waals surface area contributed by atoms with Gasteiger partial charge in [0.15, 0.2) is 0 Å². The van der Waals surface area contributed by atoms with Crippen molar-refractivity contribution in [2.75, 3.05) is 19.4 Å². The first-order valence-electron chi connectivity index (χ1n) is 6.93. The molecule has 4 heteroatoms. The van der Waals surface area contributed by atoms with E-state index in [2.05, 4.69) is 16.4 Å². The van der Waals surface area contributed by atoms with Crippen LogP contribution in [0.4, 0.5) is 5.69 Å². The van der Waals surface area contributed by atoms with Crippen molar-refractivity contribution in [3.05, 3.63) is 59.4 Å². The van der Waals surface area contributed by atoms with Gasteiger partial charge in [0.2, 0.25) is 5.91 Å². The lowest BCUT2D eigenvalue weighted by atomic mass is 10.1. The van der Waals surface area contributed by atoms with E-state index in [1.165, 1.54) is 5.56 Å². The van der Waals surface area contributed by atoms with Crippen molar-refractivity contribution >= 4 is 11.6 Å². The fourth-order valence-corrected chi connectivity index (χ4v) is 2.38. The van der Waals surface area contributed by atoms with E-state index in [0.717, 1.165) is 16.8 Å². The van der Waals surface area contributed by atoms with Gasteiger partial charge in [-0.2, -0.15) is 0 Å². The molecule has 0 spiro atoms. The molecule has 1 aromatic heterocycles. The average Bonchev–Trinajstić information content (AvgIpc) is 2.43. The number of carbonyl (C=O) groups excluding carboxylic acids is 1. The molecule has 1 heterocycles. The molecule has 0 saturated heterocycles. The summed E-state index contributed by atoms with van der Waals surface area (Å²) < 4.78 is 0. The summed E-state index contributed by atoms with van der Waals surface area (Å²) in [6, 6.07) is 9.40. The number of benzene rings is 1. The van der Waals surface area contributed by atoms with Crippen molar-refractivity contribution in [1.82, 2.24) is 9.88 Å². The van der Waals surface area contributed by atoms with E-state index in [0.29, 0.717) is 0 Å². The Labute approximate surface area is 125 Å². The van der Waals surface area contributed by atoms with Crippen molar-refractivity contribution in [3.8, 4) is 0 Å². The molecule has 21 heavy (non-hydrogen) atoms. The van der Waals surface area contributed by atoms with E-state index in [9.17, 15) is 4.79 Å². The molecule has 0 aliphatic carbocycles. The third kappa shape index (κ3) is 3.67. The zero-order valence-corrected chi connectivity index (χ0v) is 12.9. The van der Waals surface area contributed by atoms with Crippen LogP contribution < -0.4 is 5.32 Å². The molecule has 0 aliphatic rings. The molecule has 0 radical (unpaired) electrons. The van der Waals surface area contributed by atoms with E-state index in [4.69, 9.17) is 0 Å². The number of pyridine rings is 1. The summed E-state index contributed by atoms with van der Waals surface area (Å²) >= 11 is 0. The molecule has 2 rings (SSSR count). The number of anilines is 1. The van der Waals surface area contributed by atoms with Gasteiger partial charge in [-0.05, 0) is 51.2 Å². The van der Waals surface area contributed by atoms with Crippen LogP contribution in [0, 0.1) is 13.8 Å². The summed E-state index contributed by atoms with van der Waals surface area (Å²) in [5, 5.41) is 3.01. The quantitative estimate of drug-likeness (QED) is 0.938. The first-order valence-corrected chi connectivity index (χ1v) is 6.93. The Morgan fingerprint density at radius 2 is 2.00 bits per heavy atom. The monoisotopic (exact) mass is 283 g/mol. The predicted octanol–water partition coefficient (Wildman–Crippen LogP) is 2.94. The molecule has 0 aliphatic heterocycles. The summed E-state index contributed by atoms with van der Waals surface area (Å²) in [7, 11) is 3.78. The van der Waals surface area contributed by atoms with E-state index in [-0.39, 0.29) is 11.9 Å². The molecule has 0 saturated carbocycles. The highest BCUT2D eigenvalue weighted by Gasteiger charge is 2.23. The van der Waals surface area contributed by atoms with Crippen LogP contribution in [0.3, 0.4) is 0 Å². The second kappa shape index (κ2) is 6.50. The van der Waals surface area contributed by atoms with E-state index < -0.39 is 0 Å². The normalized spacial score (nSPS) is 12.2. The standard InChI is InChI=1S/C17H21N3O/c1-12-7-8-15(13(2)10-12)19-17(21)16(20(3)4)14-6-5-9-18-11-14/h5-11,16H,1-4H3,(H,19,21). The van der Waals surface area contributed by atoms with Gasteiger partial charge >= 0.3 is 0 Å². The fraction of sp³-hybridized carbons (Fsp3) is 0.294. The molecular formula is C17H21N3O. The van der Waals surface area contributed by atoms with Gasteiger partial charge in [0.25, 0.3) is 0 Å². The van der Waals surface area contributed by atoms with Crippen molar-refractivity contribution in [1.29, 1.82) is 0 Å². The number of hydrogen-bond acceptors (Lipinski definition) is 3. The summed E-state index contributed by atoms with van der Waals surface area (Å²) in [4.78, 5) is 18.6. The molecule has 1 amide bonds. The lowest BCUT2D eigenvalue weighted by Crippen LogP contribution is -2.32. The molecule has 110 valence electrons. The van der Waals surface area contributed by atoms with Crippen LogP contribution in [0.1, 0.15) is 22.7 Å². The number of amides is 1. The van der Waals surface area contributed by atoms with Crippen LogP contribution in [-0.4, -0.2) is 29.9 Å². The maximum atomic E-state index is 12.6. The molecule has 0 fully saturated rings. The molecule has 0 bridgehead atoms. The highest BCUT2D eigenvalue weighted by Crippen LogP contribution is 2.22. The van der Waals surface area contributed by atoms with Gasteiger partial charge in [-0.3, -0.25) is 14.7 Å². The van der Waals surface area contributed by atoms with E-state index >= 15 is 0 Å². The first-order chi connectivity index (χ1) is 9.99. The predicted molar refractivity (Wildman–Crippen MR) is 85.2 cm³/mol. The van der Waals surface area contributed by atoms with E-state index in [1.54, 1.807) is 12.4 Å². The number of carbonyl (C=O) groups is 1. The van der Waals surface area contributed by atoms with Crippen molar-refractivity contribution in [3.63, 3.8) is 0 Å². The average molecular weight is 283 g/mol. The van der Waals surface area contributed by atoms with E-state index in [1.807, 2.05) is 57.1 Å². The Bertz CT molecular complexity index is 623. The second-order valence-corrected chi connectivity index (χ2v) is 5.46. The molecule has 1 unspecified atom stereocenters. The van der Waals surface area contributed by atoms with Crippen LogP contribution in [0.5, 0.6) is 0 Å². The Balaban J connectivity index is 2.24. The van der Waals surface area contributed by atoms with Crippen molar-refractivity contribution in [2.24, 2.45) is 0 Å². The number of aryl methyl sites for hydroxylation is 2. The zero-order valence-electron chi connectivity index (χ0n) is 12.9. The smallest absolute Gasteiger partial charge is 0.246 e. The number of nitrogens with zero attached hydrogens (tertiary/aromatic N) is 2. The van der Waals surface area contributed by atoms with Crippen LogP contribution in [0.15, 0.2) is 42.7 Å². The summed E-state index contributed by atoms with van der Waals surface area (Å²) in [5.74, 6) is -0.0556. The Morgan fingerprint density at radius 3 is 2.57 bits per heavy atom. The molecular weight excluding hydrogens is 262 g/mol. The second-order valence-electron chi connectivity index (χ2n) is 5.46. The lowest BCUT2D eigenvalue weighted by Gasteiger charge is -2.24. The Kier molecular flexibility index (Phi) is 4.70. The van der Waals surface area contributed by atoms with Crippen LogP contribution in [0.25, 0.3) is 0 Å². The van der Waals surface area contributed by atoms with Gasteiger partial charge in [0.05, 0.1) is 0 Å². The third-order valence-electron chi connectivity index (χ3n) is 3.40. The summed E-state index contributed by atoms with van der Waals surface area (Å²) in [5.41, 5.74) is 3.97. The minimum absolute atomic E-state index is 0.0556. The van der Waals surface area contributed by atoms with Crippen LogP contribution in [-0.2, 0) is 4.79 Å². The first kappa shape index (κ1) is 15.2. The minimum Gasteiger partial charge on any atom is -0.324 e. The number of rotatable bonds is 4. The topological polar surface area (TPSA) is 45.2 Å². The molecule has 1 N–H and O–H groups in total.